The van der Waals surface area contributed by atoms with Crippen molar-refractivity contribution in [2.45, 2.75) is 13.8 Å². The van der Waals surface area contributed by atoms with Gasteiger partial charge in [-0.05, 0) is 19.9 Å². The Bertz CT molecular complexity index is 406. The Balaban J connectivity index is 2.16. The van der Waals surface area contributed by atoms with Gasteiger partial charge < -0.3 is 15.4 Å². The number of ether oxygens (including phenoxy) is 1. The summed E-state index contributed by atoms with van der Waals surface area (Å²) in [5, 5.41) is 0. The molecule has 0 bridgehead atoms. The molecule has 0 amide bonds. The van der Waals surface area contributed by atoms with E-state index in [0.29, 0.717) is 25.1 Å². The van der Waals surface area contributed by atoms with Crippen LogP contribution in [0, 0.1) is 13.8 Å². The number of guanidine groups is 1. The van der Waals surface area contributed by atoms with E-state index in [1.54, 1.807) is 0 Å². The van der Waals surface area contributed by atoms with Crippen LogP contribution < -0.4 is 5.73 Å². The first-order chi connectivity index (χ1) is 8.15. The molecule has 0 atom stereocenters. The van der Waals surface area contributed by atoms with Crippen molar-refractivity contribution in [3.63, 3.8) is 0 Å². The van der Waals surface area contributed by atoms with Crippen LogP contribution >= 0.6 is 0 Å². The van der Waals surface area contributed by atoms with E-state index >= 15 is 0 Å². The lowest BCUT2D eigenvalue weighted by Gasteiger charge is -2.27. The first kappa shape index (κ1) is 11.8. The SMILES string of the molecule is Cc1cc(C)nc(/N=C(/N)N2CCOCC2)n1. The molecule has 0 radical (unpaired) electrons. The van der Waals surface area contributed by atoms with E-state index in [9.17, 15) is 0 Å². The van der Waals surface area contributed by atoms with Gasteiger partial charge in [0.25, 0.3) is 5.95 Å². The second-order valence-corrected chi connectivity index (χ2v) is 4.02. The Labute approximate surface area is 101 Å². The second kappa shape index (κ2) is 5.09. The van der Waals surface area contributed by atoms with E-state index in [0.717, 1.165) is 24.5 Å². The number of aryl methyl sites for hydroxylation is 2. The molecule has 0 aromatic carbocycles. The molecule has 2 rings (SSSR count). The molecule has 2 N–H and O–H groups in total. The van der Waals surface area contributed by atoms with Gasteiger partial charge in [0.2, 0.25) is 0 Å². The summed E-state index contributed by atoms with van der Waals surface area (Å²) in [4.78, 5) is 14.7. The lowest BCUT2D eigenvalue weighted by molar-refractivity contribution is 0.0675. The Morgan fingerprint density at radius 3 is 2.47 bits per heavy atom. The van der Waals surface area contributed by atoms with Crippen LogP contribution in [0.3, 0.4) is 0 Å². The Hall–Kier alpha value is -1.69. The highest BCUT2D eigenvalue weighted by Crippen LogP contribution is 2.08. The summed E-state index contributed by atoms with van der Waals surface area (Å²) in [6, 6.07) is 1.91. The van der Waals surface area contributed by atoms with Crippen molar-refractivity contribution in [2.75, 3.05) is 26.3 Å². The molecule has 1 aromatic rings. The molecule has 1 saturated heterocycles. The van der Waals surface area contributed by atoms with Gasteiger partial charge in [-0.2, -0.15) is 4.99 Å². The van der Waals surface area contributed by atoms with Crippen LogP contribution in [0.2, 0.25) is 0 Å². The predicted molar refractivity (Wildman–Crippen MR) is 65.2 cm³/mol. The minimum atomic E-state index is 0.423. The predicted octanol–water partition coefficient (Wildman–Crippen LogP) is 0.372. The van der Waals surface area contributed by atoms with Crippen molar-refractivity contribution in [2.24, 2.45) is 10.7 Å². The number of rotatable bonds is 1. The number of aliphatic imine (C=N–C) groups is 1. The van der Waals surface area contributed by atoms with Crippen LogP contribution in [-0.4, -0.2) is 47.1 Å². The van der Waals surface area contributed by atoms with Crippen LogP contribution in [0.4, 0.5) is 5.95 Å². The molecule has 0 aliphatic carbocycles. The largest absolute Gasteiger partial charge is 0.378 e. The minimum Gasteiger partial charge on any atom is -0.378 e. The third-order valence-electron chi connectivity index (χ3n) is 2.52. The molecule has 0 saturated carbocycles. The molecule has 1 aliphatic rings. The van der Waals surface area contributed by atoms with Gasteiger partial charge in [-0.1, -0.05) is 0 Å². The Morgan fingerprint density at radius 2 is 1.88 bits per heavy atom. The molecule has 6 nitrogen and oxygen atoms in total. The Kier molecular flexibility index (Phi) is 3.53. The molecule has 2 heterocycles. The highest BCUT2D eigenvalue weighted by atomic mass is 16.5. The summed E-state index contributed by atoms with van der Waals surface area (Å²) in [5.74, 6) is 0.879. The zero-order valence-corrected chi connectivity index (χ0v) is 10.2. The molecule has 6 heteroatoms. The molecule has 92 valence electrons. The quantitative estimate of drug-likeness (QED) is 0.562. The molecule has 1 aromatic heterocycles. The van der Waals surface area contributed by atoms with Crippen LogP contribution in [0.5, 0.6) is 0 Å². The third-order valence-corrected chi connectivity index (χ3v) is 2.52. The van der Waals surface area contributed by atoms with Crippen molar-refractivity contribution < 1.29 is 4.74 Å². The average Bonchev–Trinajstić information content (AvgIpc) is 2.28. The van der Waals surface area contributed by atoms with E-state index in [1.165, 1.54) is 0 Å². The van der Waals surface area contributed by atoms with Gasteiger partial charge in [-0.15, -0.1) is 0 Å². The maximum Gasteiger partial charge on any atom is 0.253 e. The lowest BCUT2D eigenvalue weighted by atomic mass is 10.4. The van der Waals surface area contributed by atoms with Crippen molar-refractivity contribution >= 4 is 11.9 Å². The smallest absolute Gasteiger partial charge is 0.253 e. The fourth-order valence-electron chi connectivity index (χ4n) is 1.72. The number of morpholine rings is 1. The van der Waals surface area contributed by atoms with Crippen LogP contribution in [0.25, 0.3) is 0 Å². The van der Waals surface area contributed by atoms with Gasteiger partial charge >= 0.3 is 0 Å². The van der Waals surface area contributed by atoms with Gasteiger partial charge in [-0.25, -0.2) is 9.97 Å². The van der Waals surface area contributed by atoms with Crippen molar-refractivity contribution in [1.82, 2.24) is 14.9 Å². The zero-order valence-electron chi connectivity index (χ0n) is 10.2. The van der Waals surface area contributed by atoms with E-state index in [-0.39, 0.29) is 0 Å². The molecule has 0 spiro atoms. The lowest BCUT2D eigenvalue weighted by Crippen LogP contribution is -2.44. The highest BCUT2D eigenvalue weighted by Gasteiger charge is 2.12. The molecular formula is C11H17N5O. The standard InChI is InChI=1S/C11H17N5O/c1-8-7-9(2)14-11(13-8)15-10(12)16-3-5-17-6-4-16/h7H,3-6H2,1-2H3,(H2,12,13,14,15). The summed E-state index contributed by atoms with van der Waals surface area (Å²) >= 11 is 0. The summed E-state index contributed by atoms with van der Waals surface area (Å²) in [7, 11) is 0. The summed E-state index contributed by atoms with van der Waals surface area (Å²) in [6.45, 7) is 6.73. The first-order valence-corrected chi connectivity index (χ1v) is 5.64. The van der Waals surface area contributed by atoms with Crippen molar-refractivity contribution in [3.8, 4) is 0 Å². The van der Waals surface area contributed by atoms with E-state index in [2.05, 4.69) is 15.0 Å². The minimum absolute atomic E-state index is 0.423. The number of aromatic nitrogens is 2. The summed E-state index contributed by atoms with van der Waals surface area (Å²) in [6.07, 6.45) is 0. The number of hydrogen-bond donors (Lipinski definition) is 1. The van der Waals surface area contributed by atoms with E-state index < -0.39 is 0 Å². The molecule has 1 fully saturated rings. The highest BCUT2D eigenvalue weighted by molar-refractivity contribution is 5.80. The van der Waals surface area contributed by atoms with Crippen molar-refractivity contribution in [3.05, 3.63) is 17.5 Å². The summed E-state index contributed by atoms with van der Waals surface area (Å²) in [5.41, 5.74) is 7.71. The zero-order chi connectivity index (χ0) is 12.3. The molecule has 17 heavy (non-hydrogen) atoms. The topological polar surface area (TPSA) is 76.6 Å². The molecule has 0 unspecified atom stereocenters. The first-order valence-electron chi connectivity index (χ1n) is 5.64. The van der Waals surface area contributed by atoms with Crippen molar-refractivity contribution in [1.29, 1.82) is 0 Å². The van der Waals surface area contributed by atoms with E-state index in [4.69, 9.17) is 10.5 Å². The van der Waals surface area contributed by atoms with Gasteiger partial charge in [-0.3, -0.25) is 0 Å². The average molecular weight is 235 g/mol. The summed E-state index contributed by atoms with van der Waals surface area (Å²) < 4.78 is 5.25. The maximum absolute atomic E-state index is 5.92. The molecular weight excluding hydrogens is 218 g/mol. The van der Waals surface area contributed by atoms with Gasteiger partial charge in [0.05, 0.1) is 13.2 Å². The third kappa shape index (κ3) is 3.13. The number of hydrogen-bond acceptors (Lipinski definition) is 4. The molecule has 1 aliphatic heterocycles. The fourth-order valence-corrected chi connectivity index (χ4v) is 1.72. The van der Waals surface area contributed by atoms with E-state index in [1.807, 2.05) is 24.8 Å². The maximum atomic E-state index is 5.92. The van der Waals surface area contributed by atoms with Gasteiger partial charge in [0.15, 0.2) is 5.96 Å². The number of nitrogens with zero attached hydrogens (tertiary/aromatic N) is 4. The van der Waals surface area contributed by atoms with Gasteiger partial charge in [0, 0.05) is 24.5 Å². The monoisotopic (exact) mass is 235 g/mol. The van der Waals surface area contributed by atoms with Gasteiger partial charge in [0.1, 0.15) is 0 Å². The van der Waals surface area contributed by atoms with Crippen LogP contribution in [0.1, 0.15) is 11.4 Å². The normalized spacial score (nSPS) is 17.3. The number of nitrogens with two attached hydrogens (primary N) is 1. The fraction of sp³-hybridized carbons (Fsp3) is 0.545. The van der Waals surface area contributed by atoms with Crippen LogP contribution in [-0.2, 0) is 4.74 Å². The van der Waals surface area contributed by atoms with Crippen LogP contribution in [0.15, 0.2) is 11.1 Å². The Morgan fingerprint density at radius 1 is 1.29 bits per heavy atom. The second-order valence-electron chi connectivity index (χ2n) is 4.02.